The summed E-state index contributed by atoms with van der Waals surface area (Å²) in [6.45, 7) is 6.90. The summed E-state index contributed by atoms with van der Waals surface area (Å²) in [7, 11) is 0. The highest BCUT2D eigenvalue weighted by Crippen LogP contribution is 2.13. The summed E-state index contributed by atoms with van der Waals surface area (Å²) in [5, 5.41) is 35.4. The number of carbonyl (C=O) groups is 4. The van der Waals surface area contributed by atoms with Gasteiger partial charge in [-0.05, 0) is 24.3 Å². The fourth-order valence-corrected chi connectivity index (χ4v) is 2.19. The van der Waals surface area contributed by atoms with Crippen LogP contribution in [0.4, 0.5) is 0 Å². The average Bonchev–Trinajstić information content (AvgIpc) is 2.91. The molecule has 0 aliphatic heterocycles. The molecule has 0 saturated heterocycles. The second kappa shape index (κ2) is 20.0. The Morgan fingerprint density at radius 1 is 0.722 bits per heavy atom. The van der Waals surface area contributed by atoms with Crippen molar-refractivity contribution < 1.29 is 58.6 Å². The molecule has 200 valence electrons. The predicted molar refractivity (Wildman–Crippen MR) is 125 cm³/mol. The van der Waals surface area contributed by atoms with Crippen LogP contribution in [0.2, 0.25) is 0 Å². The largest absolute Gasteiger partial charge is 0.459 e. The van der Waals surface area contributed by atoms with Crippen molar-refractivity contribution in [3.63, 3.8) is 0 Å². The van der Waals surface area contributed by atoms with Crippen LogP contribution in [0.25, 0.3) is 0 Å². The minimum atomic E-state index is -1.56. The van der Waals surface area contributed by atoms with Crippen molar-refractivity contribution in [1.82, 2.24) is 0 Å². The normalized spacial score (nSPS) is 11.8. The van der Waals surface area contributed by atoms with Gasteiger partial charge in [-0.25, -0.2) is 9.59 Å². The highest BCUT2D eigenvalue weighted by molar-refractivity contribution is 6.03. The molecule has 0 spiro atoms. The van der Waals surface area contributed by atoms with Gasteiger partial charge in [0.15, 0.2) is 23.8 Å². The summed E-state index contributed by atoms with van der Waals surface area (Å²) in [6.07, 6.45) is -1.34. The maximum absolute atomic E-state index is 12.1. The zero-order valence-corrected chi connectivity index (χ0v) is 19.7. The third-order valence-electron chi connectivity index (χ3n) is 4.01. The molecule has 0 amide bonds. The monoisotopic (exact) mass is 512 g/mol. The molecule has 2 atom stereocenters. The van der Waals surface area contributed by atoms with E-state index in [1.165, 1.54) is 24.3 Å². The SMILES string of the molecule is C=CC(=O)C(O)COC(=O)c1ccccc1C(=O)OCC(O)C(=O)C=C.OCCOCCOCCO. The standard InChI is InChI=1S/C18H18O8.C6H14O4/c1-3-13(19)15(21)9-25-17(23)11-7-5-6-8-12(11)18(24)26-10-16(22)14(20)4-2;7-1-3-9-5-6-10-4-2-8/h3-8,15-16,21-22H,1-2,9-10H2;7-8H,1-6H2. The Hall–Kier alpha value is -3.26. The fraction of sp³-hybridized carbons (Fsp3) is 0.417. The highest BCUT2D eigenvalue weighted by atomic mass is 16.6. The van der Waals surface area contributed by atoms with Gasteiger partial charge in [-0.15, -0.1) is 0 Å². The number of aliphatic hydroxyl groups is 4. The van der Waals surface area contributed by atoms with Crippen molar-refractivity contribution in [2.75, 3.05) is 52.9 Å². The molecular weight excluding hydrogens is 480 g/mol. The van der Waals surface area contributed by atoms with E-state index in [0.29, 0.717) is 26.4 Å². The molecule has 0 aromatic heterocycles. The van der Waals surface area contributed by atoms with Crippen molar-refractivity contribution >= 4 is 23.5 Å². The number of aliphatic hydroxyl groups excluding tert-OH is 4. The molecule has 12 heteroatoms. The number of rotatable bonds is 17. The maximum Gasteiger partial charge on any atom is 0.339 e. The lowest BCUT2D eigenvalue weighted by Gasteiger charge is -2.12. The number of carbonyl (C=O) groups excluding carboxylic acids is 4. The Balaban J connectivity index is 0.00000103. The van der Waals surface area contributed by atoms with Crippen LogP contribution >= 0.6 is 0 Å². The predicted octanol–water partition coefficient (Wildman–Crippen LogP) is -0.764. The highest BCUT2D eigenvalue weighted by Gasteiger charge is 2.22. The Morgan fingerprint density at radius 2 is 1.08 bits per heavy atom. The molecule has 1 aromatic carbocycles. The number of hydrogen-bond donors (Lipinski definition) is 4. The Kier molecular flexibility index (Phi) is 18.2. The Morgan fingerprint density at radius 3 is 1.39 bits per heavy atom. The van der Waals surface area contributed by atoms with E-state index >= 15 is 0 Å². The van der Waals surface area contributed by atoms with E-state index in [1.54, 1.807) is 0 Å². The van der Waals surface area contributed by atoms with Crippen LogP contribution in [0.3, 0.4) is 0 Å². The summed E-state index contributed by atoms with van der Waals surface area (Å²) < 4.78 is 19.4. The van der Waals surface area contributed by atoms with Gasteiger partial charge in [0.25, 0.3) is 0 Å². The number of ketones is 2. The quantitative estimate of drug-likeness (QED) is 0.116. The molecule has 0 aliphatic carbocycles. The van der Waals surface area contributed by atoms with Crippen LogP contribution in [0.15, 0.2) is 49.6 Å². The number of benzene rings is 1. The van der Waals surface area contributed by atoms with E-state index in [0.717, 1.165) is 12.2 Å². The number of ether oxygens (including phenoxy) is 4. The van der Waals surface area contributed by atoms with Crippen molar-refractivity contribution in [2.45, 2.75) is 12.2 Å². The average molecular weight is 513 g/mol. The van der Waals surface area contributed by atoms with E-state index in [9.17, 15) is 29.4 Å². The summed E-state index contributed by atoms with van der Waals surface area (Å²) in [6, 6.07) is 5.50. The van der Waals surface area contributed by atoms with Crippen LogP contribution < -0.4 is 0 Å². The molecule has 0 fully saturated rings. The van der Waals surface area contributed by atoms with Crippen LogP contribution in [0, 0.1) is 0 Å². The number of esters is 2. The van der Waals surface area contributed by atoms with Crippen LogP contribution in [0.1, 0.15) is 20.7 Å². The minimum Gasteiger partial charge on any atom is -0.459 e. The summed E-state index contributed by atoms with van der Waals surface area (Å²) in [5.74, 6) is -3.36. The lowest BCUT2D eigenvalue weighted by molar-refractivity contribution is -0.124. The molecule has 0 radical (unpaired) electrons. The van der Waals surface area contributed by atoms with E-state index in [4.69, 9.17) is 29.2 Å². The third-order valence-corrected chi connectivity index (χ3v) is 4.01. The Labute approximate surface area is 208 Å². The third kappa shape index (κ3) is 13.6. The van der Waals surface area contributed by atoms with Gasteiger partial charge in [0.05, 0.1) is 50.8 Å². The number of hydrogen-bond acceptors (Lipinski definition) is 12. The first-order valence-corrected chi connectivity index (χ1v) is 10.7. The summed E-state index contributed by atoms with van der Waals surface area (Å²) in [4.78, 5) is 46.5. The molecular formula is C24H32O12. The first kappa shape index (κ1) is 32.7. The lowest BCUT2D eigenvalue weighted by Crippen LogP contribution is -2.27. The zero-order chi connectivity index (χ0) is 27.3. The smallest absolute Gasteiger partial charge is 0.339 e. The van der Waals surface area contributed by atoms with Crippen LogP contribution in [0.5, 0.6) is 0 Å². The molecule has 0 heterocycles. The molecule has 36 heavy (non-hydrogen) atoms. The van der Waals surface area contributed by atoms with E-state index in [-0.39, 0.29) is 24.3 Å². The molecule has 4 N–H and O–H groups in total. The fourth-order valence-electron chi connectivity index (χ4n) is 2.19. The topological polar surface area (TPSA) is 186 Å². The first-order valence-electron chi connectivity index (χ1n) is 10.7. The second-order valence-corrected chi connectivity index (χ2v) is 6.66. The second-order valence-electron chi connectivity index (χ2n) is 6.66. The molecule has 0 saturated carbocycles. The molecule has 1 aromatic rings. The molecule has 1 rings (SSSR count). The van der Waals surface area contributed by atoms with E-state index < -0.39 is 48.9 Å². The zero-order valence-electron chi connectivity index (χ0n) is 19.7. The summed E-state index contributed by atoms with van der Waals surface area (Å²) >= 11 is 0. The molecule has 0 bridgehead atoms. The van der Waals surface area contributed by atoms with Crippen molar-refractivity contribution in [2.24, 2.45) is 0 Å². The minimum absolute atomic E-state index is 0.0417. The maximum atomic E-state index is 12.1. The van der Waals surface area contributed by atoms with Crippen molar-refractivity contribution in [3.8, 4) is 0 Å². The van der Waals surface area contributed by atoms with Crippen molar-refractivity contribution in [3.05, 3.63) is 60.7 Å². The molecule has 0 aliphatic rings. The molecule has 12 nitrogen and oxygen atoms in total. The van der Waals surface area contributed by atoms with Gasteiger partial charge in [-0.1, -0.05) is 25.3 Å². The van der Waals surface area contributed by atoms with Gasteiger partial charge in [-0.2, -0.15) is 0 Å². The van der Waals surface area contributed by atoms with Gasteiger partial charge < -0.3 is 39.4 Å². The van der Waals surface area contributed by atoms with E-state index in [1.807, 2.05) is 0 Å². The van der Waals surface area contributed by atoms with E-state index in [2.05, 4.69) is 13.2 Å². The van der Waals surface area contributed by atoms with Gasteiger partial charge >= 0.3 is 11.9 Å². The van der Waals surface area contributed by atoms with Crippen molar-refractivity contribution in [1.29, 1.82) is 0 Å². The van der Waals surface area contributed by atoms with Gasteiger partial charge in [-0.3, -0.25) is 9.59 Å². The van der Waals surface area contributed by atoms with Crippen LogP contribution in [-0.4, -0.2) is 109 Å². The van der Waals surface area contributed by atoms with Crippen LogP contribution in [-0.2, 0) is 28.5 Å². The van der Waals surface area contributed by atoms with Gasteiger partial charge in [0, 0.05) is 0 Å². The first-order chi connectivity index (χ1) is 17.2. The Bertz CT molecular complexity index is 782. The lowest BCUT2D eigenvalue weighted by atomic mass is 10.1. The van der Waals surface area contributed by atoms with Gasteiger partial charge in [0.2, 0.25) is 0 Å². The molecule has 2 unspecified atom stereocenters. The summed E-state index contributed by atoms with van der Waals surface area (Å²) in [5.41, 5.74) is -0.333. The van der Waals surface area contributed by atoms with Gasteiger partial charge in [0.1, 0.15) is 13.2 Å².